The number of hydrogen-bond donors (Lipinski definition) is 0. The second-order valence-electron chi connectivity index (χ2n) is 4.08. The largest absolute Gasteiger partial charge is 0.380 e. The molecule has 0 amide bonds. The van der Waals surface area contributed by atoms with E-state index in [2.05, 4.69) is 0 Å². The van der Waals surface area contributed by atoms with Gasteiger partial charge in [0.15, 0.2) is 5.78 Å². The minimum absolute atomic E-state index is 0.00208. The molecule has 0 bridgehead atoms. The summed E-state index contributed by atoms with van der Waals surface area (Å²) in [4.78, 5) is 23.7. The normalized spacial score (nSPS) is 20.8. The molecule has 0 saturated carbocycles. The molecule has 0 N–H and O–H groups in total. The SMILES string of the molecule is Cc1cccc(C(=O)C2COCCC2=O)c1. The summed E-state index contributed by atoms with van der Waals surface area (Å²) in [7, 11) is 0. The van der Waals surface area contributed by atoms with Crippen LogP contribution in [-0.2, 0) is 9.53 Å². The van der Waals surface area contributed by atoms with E-state index in [-0.39, 0.29) is 18.2 Å². The number of benzene rings is 1. The number of carbonyl (C=O) groups excluding carboxylic acids is 2. The lowest BCUT2D eigenvalue weighted by Gasteiger charge is -2.19. The lowest BCUT2D eigenvalue weighted by molar-refractivity contribution is -0.128. The number of aryl methyl sites for hydroxylation is 1. The van der Waals surface area contributed by atoms with Crippen LogP contribution >= 0.6 is 0 Å². The molecule has 16 heavy (non-hydrogen) atoms. The highest BCUT2D eigenvalue weighted by Crippen LogP contribution is 2.17. The predicted octanol–water partition coefficient (Wildman–Crippen LogP) is 1.78. The van der Waals surface area contributed by atoms with Crippen LogP contribution in [0.2, 0.25) is 0 Å². The highest BCUT2D eigenvalue weighted by atomic mass is 16.5. The monoisotopic (exact) mass is 218 g/mol. The molecule has 1 unspecified atom stereocenters. The molecule has 1 fully saturated rings. The maximum Gasteiger partial charge on any atom is 0.175 e. The second kappa shape index (κ2) is 4.58. The van der Waals surface area contributed by atoms with Gasteiger partial charge in [0, 0.05) is 12.0 Å². The summed E-state index contributed by atoms with van der Waals surface area (Å²) >= 11 is 0. The molecule has 1 aliphatic heterocycles. The molecule has 0 spiro atoms. The van der Waals surface area contributed by atoms with E-state index in [4.69, 9.17) is 4.74 Å². The highest BCUT2D eigenvalue weighted by Gasteiger charge is 2.30. The topological polar surface area (TPSA) is 43.4 Å². The minimum atomic E-state index is -0.601. The summed E-state index contributed by atoms with van der Waals surface area (Å²) in [6.45, 7) is 2.60. The fourth-order valence-electron chi connectivity index (χ4n) is 1.86. The smallest absolute Gasteiger partial charge is 0.175 e. The first-order chi connectivity index (χ1) is 7.68. The molecule has 3 nitrogen and oxygen atoms in total. The average Bonchev–Trinajstić information content (AvgIpc) is 2.29. The standard InChI is InChI=1S/C13H14O3/c1-9-3-2-4-10(7-9)13(15)11-8-16-6-5-12(11)14/h2-4,7,11H,5-6,8H2,1H3. The third-order valence-corrected chi connectivity index (χ3v) is 2.79. The quantitative estimate of drug-likeness (QED) is 0.561. The van der Waals surface area contributed by atoms with Crippen molar-refractivity contribution in [2.24, 2.45) is 5.92 Å². The van der Waals surface area contributed by atoms with Gasteiger partial charge in [-0.1, -0.05) is 23.8 Å². The van der Waals surface area contributed by atoms with E-state index in [1.54, 1.807) is 6.07 Å². The van der Waals surface area contributed by atoms with Crippen molar-refractivity contribution in [1.29, 1.82) is 0 Å². The first-order valence-corrected chi connectivity index (χ1v) is 5.40. The van der Waals surface area contributed by atoms with Crippen LogP contribution in [-0.4, -0.2) is 24.8 Å². The van der Waals surface area contributed by atoms with Crippen LogP contribution in [0.5, 0.6) is 0 Å². The van der Waals surface area contributed by atoms with Gasteiger partial charge >= 0.3 is 0 Å². The van der Waals surface area contributed by atoms with Crippen molar-refractivity contribution < 1.29 is 14.3 Å². The van der Waals surface area contributed by atoms with Crippen molar-refractivity contribution in [1.82, 2.24) is 0 Å². The van der Waals surface area contributed by atoms with Crippen molar-refractivity contribution in [3.63, 3.8) is 0 Å². The van der Waals surface area contributed by atoms with E-state index < -0.39 is 5.92 Å². The Bertz CT molecular complexity index is 423. The highest BCUT2D eigenvalue weighted by molar-refractivity contribution is 6.11. The number of carbonyl (C=O) groups is 2. The van der Waals surface area contributed by atoms with Gasteiger partial charge in [-0.3, -0.25) is 9.59 Å². The lowest BCUT2D eigenvalue weighted by atomic mass is 9.91. The number of rotatable bonds is 2. The molecule has 1 aliphatic rings. The van der Waals surface area contributed by atoms with Gasteiger partial charge in [-0.25, -0.2) is 0 Å². The van der Waals surface area contributed by atoms with E-state index >= 15 is 0 Å². The fourth-order valence-corrected chi connectivity index (χ4v) is 1.86. The van der Waals surface area contributed by atoms with Crippen LogP contribution in [0, 0.1) is 12.8 Å². The minimum Gasteiger partial charge on any atom is -0.380 e. The molecular weight excluding hydrogens is 204 g/mol. The van der Waals surface area contributed by atoms with Crippen molar-refractivity contribution in [3.05, 3.63) is 35.4 Å². The van der Waals surface area contributed by atoms with Crippen LogP contribution < -0.4 is 0 Å². The molecule has 0 aliphatic carbocycles. The van der Waals surface area contributed by atoms with Crippen LogP contribution in [0.1, 0.15) is 22.3 Å². The molecule has 1 atom stereocenters. The van der Waals surface area contributed by atoms with E-state index in [0.717, 1.165) is 5.56 Å². The Morgan fingerprint density at radius 2 is 2.25 bits per heavy atom. The Morgan fingerprint density at radius 3 is 2.94 bits per heavy atom. The Hall–Kier alpha value is -1.48. The van der Waals surface area contributed by atoms with Crippen molar-refractivity contribution >= 4 is 11.6 Å². The molecular formula is C13H14O3. The fraction of sp³-hybridized carbons (Fsp3) is 0.385. The average molecular weight is 218 g/mol. The summed E-state index contributed by atoms with van der Waals surface area (Å²) in [6.07, 6.45) is 0.349. The Morgan fingerprint density at radius 1 is 1.44 bits per heavy atom. The zero-order valence-electron chi connectivity index (χ0n) is 9.23. The van der Waals surface area contributed by atoms with Gasteiger partial charge in [-0.05, 0) is 13.0 Å². The maximum absolute atomic E-state index is 12.1. The maximum atomic E-state index is 12.1. The molecule has 1 aromatic carbocycles. The van der Waals surface area contributed by atoms with Crippen molar-refractivity contribution in [2.45, 2.75) is 13.3 Å². The molecule has 2 rings (SSSR count). The zero-order chi connectivity index (χ0) is 11.5. The van der Waals surface area contributed by atoms with Gasteiger partial charge < -0.3 is 4.74 Å². The third-order valence-electron chi connectivity index (χ3n) is 2.79. The van der Waals surface area contributed by atoms with Gasteiger partial charge in [0.25, 0.3) is 0 Å². The molecule has 0 radical (unpaired) electrons. The second-order valence-corrected chi connectivity index (χ2v) is 4.08. The summed E-state index contributed by atoms with van der Waals surface area (Å²) in [5.74, 6) is -0.721. The lowest BCUT2D eigenvalue weighted by Crippen LogP contribution is -2.33. The van der Waals surface area contributed by atoms with Crippen LogP contribution in [0.25, 0.3) is 0 Å². The first kappa shape index (κ1) is 11.0. The molecule has 1 heterocycles. The number of hydrogen-bond acceptors (Lipinski definition) is 3. The van der Waals surface area contributed by atoms with E-state index in [1.807, 2.05) is 25.1 Å². The summed E-state index contributed by atoms with van der Waals surface area (Å²) in [6, 6.07) is 7.31. The molecule has 0 aromatic heterocycles. The molecule has 84 valence electrons. The first-order valence-electron chi connectivity index (χ1n) is 5.40. The third kappa shape index (κ3) is 2.19. The van der Waals surface area contributed by atoms with Crippen molar-refractivity contribution in [3.8, 4) is 0 Å². The predicted molar refractivity (Wildman–Crippen MR) is 59.4 cm³/mol. The van der Waals surface area contributed by atoms with Gasteiger partial charge in [-0.15, -0.1) is 0 Å². The number of Topliss-reactive ketones (excluding diaryl/α,β-unsaturated/α-hetero) is 2. The van der Waals surface area contributed by atoms with Gasteiger partial charge in [-0.2, -0.15) is 0 Å². The summed E-state index contributed by atoms with van der Waals surface area (Å²) < 4.78 is 5.18. The van der Waals surface area contributed by atoms with Gasteiger partial charge in [0.05, 0.1) is 13.2 Å². The zero-order valence-corrected chi connectivity index (χ0v) is 9.23. The Balaban J connectivity index is 2.21. The van der Waals surface area contributed by atoms with E-state index in [9.17, 15) is 9.59 Å². The van der Waals surface area contributed by atoms with Gasteiger partial charge in [0.2, 0.25) is 0 Å². The Kier molecular flexibility index (Phi) is 3.15. The van der Waals surface area contributed by atoms with Crippen molar-refractivity contribution in [2.75, 3.05) is 13.2 Å². The summed E-state index contributed by atoms with van der Waals surface area (Å²) in [5, 5.41) is 0. The molecule has 1 saturated heterocycles. The van der Waals surface area contributed by atoms with E-state index in [0.29, 0.717) is 18.6 Å². The van der Waals surface area contributed by atoms with Crippen LogP contribution in [0.3, 0.4) is 0 Å². The summed E-state index contributed by atoms with van der Waals surface area (Å²) in [5.41, 5.74) is 1.62. The van der Waals surface area contributed by atoms with Crippen LogP contribution in [0.4, 0.5) is 0 Å². The van der Waals surface area contributed by atoms with Gasteiger partial charge in [0.1, 0.15) is 11.7 Å². The number of ether oxygens (including phenoxy) is 1. The molecule has 1 aromatic rings. The number of ketones is 2. The van der Waals surface area contributed by atoms with Crippen LogP contribution in [0.15, 0.2) is 24.3 Å². The molecule has 3 heteroatoms. The van der Waals surface area contributed by atoms with E-state index in [1.165, 1.54) is 0 Å². The Labute approximate surface area is 94.4 Å².